The maximum absolute atomic E-state index is 11.2. The first kappa shape index (κ1) is 12.7. The fraction of sp³-hybridized carbons (Fsp3) is 0.462. The Morgan fingerprint density at radius 1 is 1.38 bits per heavy atom. The third-order valence-electron chi connectivity index (χ3n) is 2.39. The van der Waals surface area contributed by atoms with Gasteiger partial charge in [-0.2, -0.15) is 0 Å². The molecule has 0 fully saturated rings. The Morgan fingerprint density at radius 2 is 2.06 bits per heavy atom. The Morgan fingerprint density at radius 3 is 2.69 bits per heavy atom. The van der Waals surface area contributed by atoms with Crippen LogP contribution in [0.3, 0.4) is 0 Å². The Hall–Kier alpha value is -1.35. The van der Waals surface area contributed by atoms with Gasteiger partial charge in [-0.25, -0.2) is 0 Å². The van der Waals surface area contributed by atoms with E-state index in [0.717, 1.165) is 12.8 Å². The first-order valence-electron chi connectivity index (χ1n) is 5.54. The van der Waals surface area contributed by atoms with Crippen LogP contribution >= 0.6 is 0 Å². The molecule has 1 unspecified atom stereocenters. The smallest absolute Gasteiger partial charge is 0.246 e. The summed E-state index contributed by atoms with van der Waals surface area (Å²) in [7, 11) is 1.52. The van der Waals surface area contributed by atoms with Gasteiger partial charge >= 0.3 is 0 Å². The highest BCUT2D eigenvalue weighted by atomic mass is 16.5. The average Bonchev–Trinajstić information content (AvgIpc) is 2.28. The van der Waals surface area contributed by atoms with Crippen LogP contribution in [0.2, 0.25) is 0 Å². The van der Waals surface area contributed by atoms with E-state index >= 15 is 0 Å². The van der Waals surface area contributed by atoms with Crippen LogP contribution in [0.5, 0.6) is 0 Å². The van der Waals surface area contributed by atoms with Crippen molar-refractivity contribution in [2.45, 2.75) is 25.8 Å². The lowest BCUT2D eigenvalue weighted by molar-refractivity contribution is -0.125. The van der Waals surface area contributed by atoms with Gasteiger partial charge in [0.15, 0.2) is 0 Å². The van der Waals surface area contributed by atoms with E-state index in [9.17, 15) is 4.79 Å². The number of ether oxygens (including phenoxy) is 1. The second-order valence-electron chi connectivity index (χ2n) is 3.93. The molecule has 1 amide bonds. The molecule has 1 atom stereocenters. The first-order chi connectivity index (χ1) is 7.72. The summed E-state index contributed by atoms with van der Waals surface area (Å²) in [5, 5.41) is 2.89. The number of carbonyl (C=O) groups is 1. The van der Waals surface area contributed by atoms with Crippen molar-refractivity contribution in [2.75, 3.05) is 13.7 Å². The van der Waals surface area contributed by atoms with Crippen LogP contribution in [-0.4, -0.2) is 25.7 Å². The number of rotatable bonds is 6. The quantitative estimate of drug-likeness (QED) is 0.795. The van der Waals surface area contributed by atoms with E-state index in [1.54, 1.807) is 0 Å². The van der Waals surface area contributed by atoms with E-state index in [4.69, 9.17) is 4.74 Å². The highest BCUT2D eigenvalue weighted by molar-refractivity contribution is 5.77. The first-order valence-corrected chi connectivity index (χ1v) is 5.54. The highest BCUT2D eigenvalue weighted by Gasteiger charge is 2.06. The van der Waals surface area contributed by atoms with Gasteiger partial charge in [0.1, 0.15) is 6.61 Å². The molecule has 16 heavy (non-hydrogen) atoms. The van der Waals surface area contributed by atoms with Crippen LogP contribution in [0.4, 0.5) is 0 Å². The number of nitrogens with one attached hydrogen (secondary N) is 1. The normalized spacial score (nSPS) is 12.1. The number of hydrogen-bond donors (Lipinski definition) is 1. The summed E-state index contributed by atoms with van der Waals surface area (Å²) in [5.41, 5.74) is 1.30. The van der Waals surface area contributed by atoms with Gasteiger partial charge in [-0.05, 0) is 25.3 Å². The number of aryl methyl sites for hydroxylation is 1. The fourth-order valence-electron chi connectivity index (χ4n) is 1.55. The van der Waals surface area contributed by atoms with Crippen molar-refractivity contribution in [3.8, 4) is 0 Å². The molecule has 3 heteroatoms. The molecule has 1 rings (SSSR count). The summed E-state index contributed by atoms with van der Waals surface area (Å²) in [6.07, 6.45) is 1.93. The number of carbonyl (C=O) groups excluding carboxylic acids is 1. The van der Waals surface area contributed by atoms with Gasteiger partial charge in [-0.15, -0.1) is 0 Å². The summed E-state index contributed by atoms with van der Waals surface area (Å²) in [5.74, 6) is -0.0527. The molecule has 0 aliphatic carbocycles. The monoisotopic (exact) mass is 221 g/mol. The van der Waals surface area contributed by atoms with Crippen LogP contribution in [0, 0.1) is 0 Å². The molecule has 3 nitrogen and oxygen atoms in total. The topological polar surface area (TPSA) is 38.3 Å². The standard InChI is InChI=1S/C13H19NO2/c1-11(14-13(15)10-16-2)8-9-12-6-4-3-5-7-12/h3-7,11H,8-10H2,1-2H3,(H,14,15). The largest absolute Gasteiger partial charge is 0.375 e. The van der Waals surface area contributed by atoms with Crippen molar-refractivity contribution in [3.63, 3.8) is 0 Å². The van der Waals surface area contributed by atoms with Crippen molar-refractivity contribution in [2.24, 2.45) is 0 Å². The molecule has 1 aromatic carbocycles. The molecule has 0 saturated heterocycles. The zero-order valence-electron chi connectivity index (χ0n) is 9.90. The molecule has 1 N–H and O–H groups in total. The van der Waals surface area contributed by atoms with Gasteiger partial charge in [0.05, 0.1) is 0 Å². The Balaban J connectivity index is 2.25. The lowest BCUT2D eigenvalue weighted by atomic mass is 10.1. The van der Waals surface area contributed by atoms with E-state index in [0.29, 0.717) is 0 Å². The summed E-state index contributed by atoms with van der Waals surface area (Å²) in [4.78, 5) is 11.2. The van der Waals surface area contributed by atoms with Crippen molar-refractivity contribution in [1.82, 2.24) is 5.32 Å². The molecule has 0 aliphatic heterocycles. The van der Waals surface area contributed by atoms with Crippen molar-refractivity contribution in [1.29, 1.82) is 0 Å². The second kappa shape index (κ2) is 7.01. The van der Waals surface area contributed by atoms with Crippen molar-refractivity contribution >= 4 is 5.91 Å². The number of benzene rings is 1. The third-order valence-corrected chi connectivity index (χ3v) is 2.39. The number of methoxy groups -OCH3 is 1. The Bertz CT molecular complexity index is 311. The second-order valence-corrected chi connectivity index (χ2v) is 3.93. The SMILES string of the molecule is COCC(=O)NC(C)CCc1ccccc1. The predicted octanol–water partition coefficient (Wildman–Crippen LogP) is 1.77. The minimum atomic E-state index is -0.0527. The fourth-order valence-corrected chi connectivity index (χ4v) is 1.55. The van der Waals surface area contributed by atoms with Gasteiger partial charge in [0, 0.05) is 13.2 Å². The highest BCUT2D eigenvalue weighted by Crippen LogP contribution is 2.04. The molecule has 0 aromatic heterocycles. The lowest BCUT2D eigenvalue weighted by Crippen LogP contribution is -2.35. The molecule has 0 heterocycles. The van der Waals surface area contributed by atoms with E-state index in [-0.39, 0.29) is 18.6 Å². The molecule has 0 saturated carbocycles. The molecule has 88 valence electrons. The zero-order chi connectivity index (χ0) is 11.8. The summed E-state index contributed by atoms with van der Waals surface area (Å²) in [6, 6.07) is 10.5. The Labute approximate surface area is 96.8 Å². The van der Waals surface area contributed by atoms with Gasteiger partial charge in [0.2, 0.25) is 5.91 Å². The number of hydrogen-bond acceptors (Lipinski definition) is 2. The van der Waals surface area contributed by atoms with E-state index in [2.05, 4.69) is 17.4 Å². The minimum absolute atomic E-state index is 0.0527. The summed E-state index contributed by atoms with van der Waals surface area (Å²) >= 11 is 0. The molecule has 0 spiro atoms. The number of amides is 1. The van der Waals surface area contributed by atoms with E-state index in [1.807, 2.05) is 25.1 Å². The third kappa shape index (κ3) is 4.94. The Kier molecular flexibility index (Phi) is 5.57. The lowest BCUT2D eigenvalue weighted by Gasteiger charge is -2.13. The molecule has 0 bridgehead atoms. The maximum atomic E-state index is 11.2. The van der Waals surface area contributed by atoms with Crippen LogP contribution in [0.1, 0.15) is 18.9 Å². The van der Waals surface area contributed by atoms with E-state index in [1.165, 1.54) is 12.7 Å². The summed E-state index contributed by atoms with van der Waals surface area (Å²) < 4.78 is 4.76. The summed E-state index contributed by atoms with van der Waals surface area (Å²) in [6.45, 7) is 2.15. The van der Waals surface area contributed by atoms with Crippen LogP contribution in [0.25, 0.3) is 0 Å². The average molecular weight is 221 g/mol. The molecular weight excluding hydrogens is 202 g/mol. The predicted molar refractivity (Wildman–Crippen MR) is 64.2 cm³/mol. The van der Waals surface area contributed by atoms with Gasteiger partial charge < -0.3 is 10.1 Å². The maximum Gasteiger partial charge on any atom is 0.246 e. The van der Waals surface area contributed by atoms with Gasteiger partial charge in [0.25, 0.3) is 0 Å². The van der Waals surface area contributed by atoms with Crippen molar-refractivity contribution in [3.05, 3.63) is 35.9 Å². The zero-order valence-corrected chi connectivity index (χ0v) is 9.90. The molecule has 0 radical (unpaired) electrons. The molecular formula is C13H19NO2. The van der Waals surface area contributed by atoms with Crippen molar-refractivity contribution < 1.29 is 9.53 Å². The van der Waals surface area contributed by atoms with Crippen LogP contribution in [0.15, 0.2) is 30.3 Å². The van der Waals surface area contributed by atoms with Crippen LogP contribution in [-0.2, 0) is 16.0 Å². The van der Waals surface area contributed by atoms with E-state index < -0.39 is 0 Å². The minimum Gasteiger partial charge on any atom is -0.375 e. The molecule has 0 aliphatic rings. The van der Waals surface area contributed by atoms with Gasteiger partial charge in [-0.1, -0.05) is 30.3 Å². The molecule has 1 aromatic rings. The van der Waals surface area contributed by atoms with Gasteiger partial charge in [-0.3, -0.25) is 4.79 Å². The van der Waals surface area contributed by atoms with Crippen LogP contribution < -0.4 is 5.32 Å².